The standard InChI is InChI=1S/C27H32N10OS/c1-14(17-8-6-12-36(17)3)37-26-21(33-35-37)24(30-2)31-25(32-26)20-15-7-4-10-27(22(15)38-34-20)11-5-9-18-19(27)16(13-28)23(29)39-18/h14,17H,4-12,29H2,1-3H3,(H,30,31,32). The highest BCUT2D eigenvalue weighted by Crippen LogP contribution is 2.55. The molecular weight excluding hydrogens is 512 g/mol. The van der Waals surface area contributed by atoms with E-state index < -0.39 is 0 Å². The van der Waals surface area contributed by atoms with Crippen LogP contribution in [0.15, 0.2) is 4.52 Å². The maximum atomic E-state index is 10.00. The molecule has 1 saturated heterocycles. The third-order valence-corrected chi connectivity index (χ3v) is 10.2. The lowest BCUT2D eigenvalue weighted by Crippen LogP contribution is -2.35. The third-order valence-electron chi connectivity index (χ3n) is 9.15. The molecule has 1 fully saturated rings. The van der Waals surface area contributed by atoms with Crippen molar-refractivity contribution in [1.82, 2.24) is 35.0 Å². The van der Waals surface area contributed by atoms with E-state index in [2.05, 4.69) is 45.7 Å². The molecule has 2 aliphatic carbocycles. The number of likely N-dealkylation sites (tertiary alicyclic amines) is 1. The second-order valence-corrected chi connectivity index (χ2v) is 12.3. The first-order valence-corrected chi connectivity index (χ1v) is 14.6. The number of aromatic nitrogens is 6. The van der Waals surface area contributed by atoms with Gasteiger partial charge < -0.3 is 20.5 Å². The monoisotopic (exact) mass is 544 g/mol. The van der Waals surface area contributed by atoms with E-state index in [0.717, 1.165) is 68.4 Å². The van der Waals surface area contributed by atoms with Crippen LogP contribution in [0.4, 0.5) is 10.8 Å². The van der Waals surface area contributed by atoms with E-state index in [-0.39, 0.29) is 11.5 Å². The van der Waals surface area contributed by atoms with Crippen LogP contribution in [0.1, 0.15) is 78.8 Å². The Labute approximate surface area is 230 Å². The number of thiophene rings is 1. The Morgan fingerprint density at radius 2 is 2.05 bits per heavy atom. The zero-order valence-electron chi connectivity index (χ0n) is 22.5. The molecule has 3 atom stereocenters. The Morgan fingerprint density at radius 1 is 1.23 bits per heavy atom. The highest BCUT2D eigenvalue weighted by molar-refractivity contribution is 7.16. The zero-order chi connectivity index (χ0) is 26.9. The summed E-state index contributed by atoms with van der Waals surface area (Å²) in [7, 11) is 4.00. The van der Waals surface area contributed by atoms with Gasteiger partial charge in [-0.05, 0) is 77.4 Å². The average molecular weight is 545 g/mol. The topological polar surface area (TPSA) is 148 Å². The summed E-state index contributed by atoms with van der Waals surface area (Å²) in [5.74, 6) is 1.97. The van der Waals surface area contributed by atoms with Crippen molar-refractivity contribution in [2.75, 3.05) is 31.7 Å². The van der Waals surface area contributed by atoms with Crippen molar-refractivity contribution >= 4 is 33.3 Å². The van der Waals surface area contributed by atoms with Crippen LogP contribution in [-0.2, 0) is 18.3 Å². The summed E-state index contributed by atoms with van der Waals surface area (Å²) in [4.78, 5) is 13.4. The number of likely N-dealkylation sites (N-methyl/N-ethyl adjacent to an activating group) is 1. The largest absolute Gasteiger partial charge is 0.389 e. The number of nitriles is 1. The number of hydrogen-bond donors (Lipinski definition) is 2. The van der Waals surface area contributed by atoms with Crippen LogP contribution in [0.25, 0.3) is 22.7 Å². The Balaban J connectivity index is 1.37. The van der Waals surface area contributed by atoms with Gasteiger partial charge in [0.15, 0.2) is 34.3 Å². The minimum atomic E-state index is -0.383. The fraction of sp³-hybridized carbons (Fsp3) is 0.556. The van der Waals surface area contributed by atoms with E-state index in [4.69, 9.17) is 20.2 Å². The minimum Gasteiger partial charge on any atom is -0.389 e. The molecule has 3 unspecified atom stereocenters. The number of aryl methyl sites for hydroxylation is 1. The molecule has 0 radical (unpaired) electrons. The molecule has 0 saturated carbocycles. The summed E-state index contributed by atoms with van der Waals surface area (Å²) in [5, 5.41) is 27.3. The number of nitrogens with two attached hydrogens (primary N) is 1. The summed E-state index contributed by atoms with van der Waals surface area (Å²) >= 11 is 1.55. The molecule has 7 rings (SSSR count). The average Bonchev–Trinajstić information content (AvgIpc) is 3.72. The fourth-order valence-corrected chi connectivity index (χ4v) is 8.47. The summed E-state index contributed by atoms with van der Waals surface area (Å²) < 4.78 is 8.13. The maximum absolute atomic E-state index is 10.00. The summed E-state index contributed by atoms with van der Waals surface area (Å²) in [6, 6.07) is 2.87. The molecule has 5 heterocycles. The van der Waals surface area contributed by atoms with Gasteiger partial charge in [-0.3, -0.25) is 0 Å². The third kappa shape index (κ3) is 3.45. The van der Waals surface area contributed by atoms with Gasteiger partial charge in [0.1, 0.15) is 11.1 Å². The van der Waals surface area contributed by atoms with Crippen LogP contribution in [0.5, 0.6) is 0 Å². The molecule has 4 aromatic rings. The number of rotatable bonds is 4. The first kappa shape index (κ1) is 24.5. The van der Waals surface area contributed by atoms with Crippen molar-refractivity contribution in [3.63, 3.8) is 0 Å². The van der Waals surface area contributed by atoms with Gasteiger partial charge >= 0.3 is 0 Å². The predicted molar refractivity (Wildman–Crippen MR) is 149 cm³/mol. The van der Waals surface area contributed by atoms with Gasteiger partial charge in [0.05, 0.1) is 17.0 Å². The quantitative estimate of drug-likeness (QED) is 0.385. The lowest BCUT2D eigenvalue weighted by molar-refractivity contribution is 0.230. The molecule has 4 aromatic heterocycles. The smallest absolute Gasteiger partial charge is 0.186 e. The van der Waals surface area contributed by atoms with Crippen LogP contribution in [0.2, 0.25) is 0 Å². The van der Waals surface area contributed by atoms with E-state index >= 15 is 0 Å². The summed E-state index contributed by atoms with van der Waals surface area (Å²) in [5.41, 5.74) is 10.6. The lowest BCUT2D eigenvalue weighted by Gasteiger charge is -2.39. The van der Waals surface area contributed by atoms with E-state index in [1.807, 2.05) is 11.7 Å². The SMILES string of the molecule is CNc1nc(-c2noc3c2CCCC32CCCc3sc(N)c(C#N)c32)nc2c1nnn2C(C)C1CCCN1C. The molecule has 1 spiro atoms. The molecule has 39 heavy (non-hydrogen) atoms. The van der Waals surface area contributed by atoms with Gasteiger partial charge in [0, 0.05) is 23.5 Å². The maximum Gasteiger partial charge on any atom is 0.186 e. The number of nitrogens with one attached hydrogen (secondary N) is 1. The minimum absolute atomic E-state index is 0.110. The molecule has 202 valence electrons. The molecule has 1 aliphatic heterocycles. The van der Waals surface area contributed by atoms with Crippen molar-refractivity contribution in [2.45, 2.75) is 75.8 Å². The molecule has 0 amide bonds. The Hall–Kier alpha value is -3.56. The van der Waals surface area contributed by atoms with Crippen molar-refractivity contribution in [3.8, 4) is 17.6 Å². The second-order valence-electron chi connectivity index (χ2n) is 11.2. The van der Waals surface area contributed by atoms with Crippen molar-refractivity contribution < 1.29 is 4.52 Å². The first-order valence-electron chi connectivity index (χ1n) is 13.8. The Morgan fingerprint density at radius 3 is 2.79 bits per heavy atom. The fourth-order valence-electron chi connectivity index (χ4n) is 7.31. The Bertz CT molecular complexity index is 1630. The van der Waals surface area contributed by atoms with Crippen LogP contribution >= 0.6 is 11.3 Å². The highest BCUT2D eigenvalue weighted by atomic mass is 32.1. The summed E-state index contributed by atoms with van der Waals surface area (Å²) in [6.45, 7) is 3.27. The zero-order valence-corrected chi connectivity index (χ0v) is 23.3. The first-order chi connectivity index (χ1) is 19.0. The van der Waals surface area contributed by atoms with Crippen LogP contribution in [-0.4, -0.2) is 61.7 Å². The number of nitrogen functional groups attached to an aromatic ring is 1. The van der Waals surface area contributed by atoms with Gasteiger partial charge in [-0.15, -0.1) is 16.4 Å². The van der Waals surface area contributed by atoms with Gasteiger partial charge in [0.2, 0.25) is 0 Å². The van der Waals surface area contributed by atoms with E-state index in [9.17, 15) is 5.26 Å². The number of fused-ring (bicyclic) bond motifs is 5. The summed E-state index contributed by atoms with van der Waals surface area (Å²) in [6.07, 6.45) is 7.89. The molecule has 12 heteroatoms. The second kappa shape index (κ2) is 8.99. The van der Waals surface area contributed by atoms with Crippen molar-refractivity contribution in [3.05, 3.63) is 27.3 Å². The normalized spacial score (nSPS) is 23.6. The molecule has 3 aliphatic rings. The molecule has 0 bridgehead atoms. The van der Waals surface area contributed by atoms with Crippen LogP contribution in [0.3, 0.4) is 0 Å². The van der Waals surface area contributed by atoms with E-state index in [1.54, 1.807) is 11.3 Å². The molecular formula is C27H32N10OS. The Kier molecular flexibility index (Phi) is 5.64. The van der Waals surface area contributed by atoms with Gasteiger partial charge in [-0.2, -0.15) is 5.26 Å². The molecule has 3 N–H and O–H groups in total. The van der Waals surface area contributed by atoms with Crippen LogP contribution < -0.4 is 11.1 Å². The number of anilines is 2. The lowest BCUT2D eigenvalue weighted by atomic mass is 9.63. The van der Waals surface area contributed by atoms with Crippen molar-refractivity contribution in [2.24, 2.45) is 0 Å². The van der Waals surface area contributed by atoms with Crippen molar-refractivity contribution in [1.29, 1.82) is 5.26 Å². The van der Waals surface area contributed by atoms with E-state index in [1.165, 1.54) is 11.3 Å². The molecule has 0 aromatic carbocycles. The van der Waals surface area contributed by atoms with Gasteiger partial charge in [0.25, 0.3) is 0 Å². The van der Waals surface area contributed by atoms with E-state index in [0.29, 0.717) is 45.1 Å². The highest BCUT2D eigenvalue weighted by Gasteiger charge is 2.49. The van der Waals surface area contributed by atoms with Gasteiger partial charge in [-0.25, -0.2) is 14.6 Å². The predicted octanol–water partition coefficient (Wildman–Crippen LogP) is 4.05. The molecule has 11 nitrogen and oxygen atoms in total. The number of nitrogens with zero attached hydrogens (tertiary/aromatic N) is 8. The van der Waals surface area contributed by atoms with Gasteiger partial charge in [-0.1, -0.05) is 10.4 Å². The number of hydrogen-bond acceptors (Lipinski definition) is 11. The van der Waals surface area contributed by atoms with Crippen LogP contribution in [0, 0.1) is 11.3 Å².